The van der Waals surface area contributed by atoms with Gasteiger partial charge in [-0.25, -0.2) is 4.98 Å². The number of fused-ring (bicyclic) bond motifs is 2. The summed E-state index contributed by atoms with van der Waals surface area (Å²) in [6.07, 6.45) is 2.53. The fourth-order valence-electron chi connectivity index (χ4n) is 4.42. The Bertz CT molecular complexity index is 1420. The lowest BCUT2D eigenvalue weighted by Crippen LogP contribution is -2.30. The van der Waals surface area contributed by atoms with Gasteiger partial charge in [-0.1, -0.05) is 12.1 Å². The Labute approximate surface area is 199 Å². The number of H-pyrrole nitrogens is 1. The molecule has 1 fully saturated rings. The average molecular weight is 481 g/mol. The van der Waals surface area contributed by atoms with Gasteiger partial charge in [0.1, 0.15) is 5.01 Å². The molecule has 170 valence electrons. The molecule has 0 spiro atoms. The molecule has 0 bridgehead atoms. The van der Waals surface area contributed by atoms with E-state index in [2.05, 4.69) is 11.1 Å². The number of aromatic amines is 1. The minimum Gasteiger partial charge on any atom is -0.385 e. The van der Waals surface area contributed by atoms with Crippen LogP contribution in [0, 0.1) is 4.77 Å². The van der Waals surface area contributed by atoms with Gasteiger partial charge in [0.05, 0.1) is 27.2 Å². The molecule has 1 N–H and O–H groups in total. The van der Waals surface area contributed by atoms with Gasteiger partial charge in [-0.15, -0.1) is 11.3 Å². The highest BCUT2D eigenvalue weighted by Crippen LogP contribution is 2.37. The van der Waals surface area contributed by atoms with Crippen molar-refractivity contribution in [3.8, 4) is 0 Å². The van der Waals surface area contributed by atoms with Crippen LogP contribution in [-0.2, 0) is 11.3 Å². The van der Waals surface area contributed by atoms with E-state index in [0.29, 0.717) is 47.4 Å². The summed E-state index contributed by atoms with van der Waals surface area (Å²) in [5.74, 6) is -0.0535. The number of amides is 1. The maximum atomic E-state index is 13.5. The van der Waals surface area contributed by atoms with Gasteiger partial charge in [-0.2, -0.15) is 0 Å². The minimum absolute atomic E-state index is 0.0297. The molecule has 0 saturated carbocycles. The monoisotopic (exact) mass is 480 g/mol. The number of nitrogens with one attached hydrogen (secondary N) is 1. The van der Waals surface area contributed by atoms with Crippen LogP contribution in [0.5, 0.6) is 0 Å². The van der Waals surface area contributed by atoms with Crippen LogP contribution in [0.4, 0.5) is 0 Å². The molecule has 5 rings (SSSR count). The molecule has 1 saturated heterocycles. The smallest absolute Gasteiger partial charge is 0.262 e. The van der Waals surface area contributed by atoms with Crippen molar-refractivity contribution in [1.29, 1.82) is 0 Å². The Hall–Kier alpha value is -2.88. The van der Waals surface area contributed by atoms with E-state index in [4.69, 9.17) is 21.9 Å². The predicted octanol–water partition coefficient (Wildman–Crippen LogP) is 4.68. The zero-order chi connectivity index (χ0) is 22.9. The molecule has 2 aromatic carbocycles. The molecule has 2 aromatic heterocycles. The minimum atomic E-state index is -0.155. The van der Waals surface area contributed by atoms with Crippen LogP contribution in [0.25, 0.3) is 21.1 Å². The summed E-state index contributed by atoms with van der Waals surface area (Å²) in [7, 11) is 1.63. The lowest BCUT2D eigenvalue weighted by atomic mass is 10.1. The van der Waals surface area contributed by atoms with Crippen molar-refractivity contribution in [3.05, 3.63) is 68.2 Å². The summed E-state index contributed by atoms with van der Waals surface area (Å²) in [5, 5.41) is 1.49. The lowest BCUT2D eigenvalue weighted by molar-refractivity contribution is 0.0735. The molecule has 1 aliphatic rings. The van der Waals surface area contributed by atoms with E-state index >= 15 is 0 Å². The summed E-state index contributed by atoms with van der Waals surface area (Å²) < 4.78 is 8.10. The fourth-order valence-corrected chi connectivity index (χ4v) is 5.82. The number of nitrogens with zero attached hydrogens (tertiary/aromatic N) is 3. The molecule has 1 aliphatic heterocycles. The van der Waals surface area contributed by atoms with Crippen molar-refractivity contribution in [1.82, 2.24) is 19.4 Å². The highest BCUT2D eigenvalue weighted by molar-refractivity contribution is 7.71. The molecule has 0 aliphatic carbocycles. The van der Waals surface area contributed by atoms with Gasteiger partial charge < -0.3 is 14.6 Å². The number of carbonyl (C=O) groups is 1. The Morgan fingerprint density at radius 1 is 1.30 bits per heavy atom. The Morgan fingerprint density at radius 2 is 2.15 bits per heavy atom. The quantitative estimate of drug-likeness (QED) is 0.320. The summed E-state index contributed by atoms with van der Waals surface area (Å²) in [6.45, 7) is 1.73. The van der Waals surface area contributed by atoms with Gasteiger partial charge >= 0.3 is 0 Å². The number of likely N-dealkylation sites (tertiary alicyclic amines) is 1. The van der Waals surface area contributed by atoms with E-state index < -0.39 is 0 Å². The number of thiazole rings is 1. The summed E-state index contributed by atoms with van der Waals surface area (Å²) >= 11 is 7.06. The van der Waals surface area contributed by atoms with Crippen molar-refractivity contribution in [3.63, 3.8) is 0 Å². The number of methoxy groups -OCH3 is 1. The summed E-state index contributed by atoms with van der Waals surface area (Å²) in [6, 6.07) is 13.2. The van der Waals surface area contributed by atoms with Crippen LogP contribution in [-0.4, -0.2) is 45.6 Å². The fraction of sp³-hybridized carbons (Fsp3) is 0.333. The van der Waals surface area contributed by atoms with Gasteiger partial charge in [-0.05, 0) is 61.8 Å². The normalized spacial score (nSPS) is 16.2. The van der Waals surface area contributed by atoms with Crippen molar-refractivity contribution >= 4 is 50.6 Å². The number of hydrogen-bond donors (Lipinski definition) is 1. The summed E-state index contributed by atoms with van der Waals surface area (Å²) in [4.78, 5) is 36.2. The van der Waals surface area contributed by atoms with E-state index in [1.54, 1.807) is 41.2 Å². The van der Waals surface area contributed by atoms with E-state index in [9.17, 15) is 9.59 Å². The van der Waals surface area contributed by atoms with Gasteiger partial charge in [0.2, 0.25) is 0 Å². The van der Waals surface area contributed by atoms with E-state index in [-0.39, 0.29) is 17.5 Å². The van der Waals surface area contributed by atoms with Crippen molar-refractivity contribution in [2.75, 3.05) is 20.3 Å². The molecule has 9 heteroatoms. The number of rotatable bonds is 6. The number of para-hydroxylation sites is 1. The van der Waals surface area contributed by atoms with Crippen molar-refractivity contribution in [2.24, 2.45) is 0 Å². The number of hydrogen-bond acceptors (Lipinski definition) is 6. The number of carbonyl (C=O) groups excluding carboxylic acids is 1. The molecular weight excluding hydrogens is 456 g/mol. The molecule has 4 aromatic rings. The standard InChI is InChI=1S/C24H24N4O3S2/c1-31-13-5-12-28-23(30)16-10-9-15(14-18(16)26-24(28)32)22(29)27-11-4-7-19(27)21-25-17-6-2-3-8-20(17)33-21/h2-3,6,8-10,14,19H,4-5,7,11-13H2,1H3,(H,26,32)/t19-/m0/s1. The Kier molecular flexibility index (Phi) is 6.09. The topological polar surface area (TPSA) is 80.2 Å². The van der Waals surface area contributed by atoms with E-state index in [1.165, 1.54) is 0 Å². The third-order valence-corrected chi connectivity index (χ3v) is 7.53. The number of aromatic nitrogens is 3. The third kappa shape index (κ3) is 4.12. The predicted molar refractivity (Wildman–Crippen MR) is 133 cm³/mol. The van der Waals surface area contributed by atoms with Gasteiger partial charge in [-0.3, -0.25) is 14.2 Å². The van der Waals surface area contributed by atoms with Crippen molar-refractivity contribution in [2.45, 2.75) is 31.8 Å². The largest absolute Gasteiger partial charge is 0.385 e. The number of ether oxygens (including phenoxy) is 1. The van der Waals surface area contributed by atoms with Crippen LogP contribution in [0.15, 0.2) is 47.3 Å². The van der Waals surface area contributed by atoms with E-state index in [1.807, 2.05) is 23.1 Å². The highest BCUT2D eigenvalue weighted by atomic mass is 32.1. The van der Waals surface area contributed by atoms with Crippen LogP contribution in [0.1, 0.15) is 40.7 Å². The number of benzene rings is 2. The molecule has 1 atom stereocenters. The van der Waals surface area contributed by atoms with Gasteiger partial charge in [0.15, 0.2) is 4.77 Å². The maximum Gasteiger partial charge on any atom is 0.262 e. The first-order valence-electron chi connectivity index (χ1n) is 11.0. The van der Waals surface area contributed by atoms with Crippen LogP contribution >= 0.6 is 23.6 Å². The lowest BCUT2D eigenvalue weighted by Gasteiger charge is -2.23. The summed E-state index contributed by atoms with van der Waals surface area (Å²) in [5.41, 5.74) is 1.93. The second-order valence-corrected chi connectivity index (χ2v) is 9.62. The zero-order valence-electron chi connectivity index (χ0n) is 18.2. The molecule has 7 nitrogen and oxygen atoms in total. The first kappa shape index (κ1) is 21.9. The molecule has 1 amide bonds. The third-order valence-electron chi connectivity index (χ3n) is 6.07. The second-order valence-electron chi connectivity index (χ2n) is 8.17. The molecule has 3 heterocycles. The van der Waals surface area contributed by atoms with Crippen molar-refractivity contribution < 1.29 is 9.53 Å². The van der Waals surface area contributed by atoms with Crippen LogP contribution in [0.2, 0.25) is 0 Å². The molecule has 0 radical (unpaired) electrons. The zero-order valence-corrected chi connectivity index (χ0v) is 19.9. The Balaban J connectivity index is 1.45. The highest BCUT2D eigenvalue weighted by Gasteiger charge is 2.33. The Morgan fingerprint density at radius 3 is 2.97 bits per heavy atom. The average Bonchev–Trinajstić information content (AvgIpc) is 3.47. The van der Waals surface area contributed by atoms with E-state index in [0.717, 1.165) is 28.1 Å². The second kappa shape index (κ2) is 9.17. The SMILES string of the molecule is COCCCn1c(=S)[nH]c2cc(C(=O)N3CCC[C@H]3c3nc4ccccc4s3)ccc2c1=O. The van der Waals surface area contributed by atoms with Gasteiger partial charge in [0, 0.05) is 32.4 Å². The molecule has 33 heavy (non-hydrogen) atoms. The van der Waals surface area contributed by atoms with Crippen LogP contribution < -0.4 is 5.56 Å². The maximum absolute atomic E-state index is 13.5. The van der Waals surface area contributed by atoms with Crippen LogP contribution in [0.3, 0.4) is 0 Å². The first-order chi connectivity index (χ1) is 16.1. The van der Waals surface area contributed by atoms with Gasteiger partial charge in [0.25, 0.3) is 11.5 Å². The molecule has 0 unspecified atom stereocenters. The molecular formula is C24H24N4O3S2. The first-order valence-corrected chi connectivity index (χ1v) is 12.2.